The predicted molar refractivity (Wildman–Crippen MR) is 75.4 cm³/mol. The minimum Gasteiger partial charge on any atom is -0.435 e. The van der Waals surface area contributed by atoms with Crippen molar-refractivity contribution < 1.29 is 18.3 Å². The average Bonchev–Trinajstić information content (AvgIpc) is 2.83. The Morgan fingerprint density at radius 2 is 2.05 bits per heavy atom. The van der Waals surface area contributed by atoms with Crippen LogP contribution in [0.4, 0.5) is 13.9 Å². The Balaban J connectivity index is 1.92. The van der Waals surface area contributed by atoms with Gasteiger partial charge in [-0.1, -0.05) is 23.5 Å². The molecule has 5 nitrogen and oxygen atoms in total. The van der Waals surface area contributed by atoms with Crippen molar-refractivity contribution in [3.05, 3.63) is 40.9 Å². The summed E-state index contributed by atoms with van der Waals surface area (Å²) in [5.41, 5.74) is 0.681. The summed E-state index contributed by atoms with van der Waals surface area (Å²) in [5, 5.41) is 11.3. The average molecular weight is 311 g/mol. The zero-order valence-electron chi connectivity index (χ0n) is 10.9. The fraction of sp³-hybridized carbons (Fsp3) is 0.154. The van der Waals surface area contributed by atoms with Gasteiger partial charge < -0.3 is 4.74 Å². The zero-order valence-corrected chi connectivity index (χ0v) is 11.7. The SMILES string of the molecule is Cc1nnc(NC(=O)C=Cc2ccc(OC(F)F)cc2)s1. The maximum atomic E-state index is 12.0. The molecule has 1 amide bonds. The number of alkyl halides is 2. The summed E-state index contributed by atoms with van der Waals surface area (Å²) in [5.74, 6) is -0.282. The number of aryl methyl sites for hydroxylation is 1. The number of ether oxygens (including phenoxy) is 1. The number of halogens is 2. The molecule has 0 aliphatic heterocycles. The molecule has 1 N–H and O–H groups in total. The fourth-order valence-corrected chi connectivity index (χ4v) is 2.02. The number of hydrogen-bond acceptors (Lipinski definition) is 5. The molecule has 0 unspecified atom stereocenters. The number of nitrogens with one attached hydrogen (secondary N) is 1. The second kappa shape index (κ2) is 6.89. The molecule has 0 radical (unpaired) electrons. The van der Waals surface area contributed by atoms with E-state index in [0.717, 1.165) is 5.01 Å². The number of amides is 1. The van der Waals surface area contributed by atoms with Crippen LogP contribution < -0.4 is 10.1 Å². The maximum absolute atomic E-state index is 12.0. The molecule has 0 saturated carbocycles. The molecule has 21 heavy (non-hydrogen) atoms. The molecule has 1 heterocycles. The van der Waals surface area contributed by atoms with Crippen molar-refractivity contribution in [1.82, 2.24) is 10.2 Å². The van der Waals surface area contributed by atoms with E-state index < -0.39 is 6.61 Å². The highest BCUT2D eigenvalue weighted by Gasteiger charge is 2.04. The fourth-order valence-electron chi connectivity index (χ4n) is 1.43. The van der Waals surface area contributed by atoms with Crippen LogP contribution in [0.15, 0.2) is 30.3 Å². The van der Waals surface area contributed by atoms with Gasteiger partial charge in [-0.25, -0.2) is 0 Å². The normalized spacial score (nSPS) is 11.0. The Hall–Kier alpha value is -2.35. The van der Waals surface area contributed by atoms with Gasteiger partial charge in [0.25, 0.3) is 0 Å². The molecule has 0 atom stereocenters. The van der Waals surface area contributed by atoms with Crippen LogP contribution in [0.3, 0.4) is 0 Å². The second-order valence-corrected chi connectivity index (χ2v) is 5.08. The summed E-state index contributed by atoms with van der Waals surface area (Å²) in [4.78, 5) is 11.6. The van der Waals surface area contributed by atoms with E-state index in [0.29, 0.717) is 10.7 Å². The molecule has 0 fully saturated rings. The topological polar surface area (TPSA) is 64.1 Å². The van der Waals surface area contributed by atoms with Crippen LogP contribution in [0.25, 0.3) is 6.08 Å². The van der Waals surface area contributed by atoms with E-state index in [2.05, 4.69) is 20.3 Å². The molecule has 0 spiro atoms. The molecule has 8 heteroatoms. The van der Waals surface area contributed by atoms with Gasteiger partial charge in [-0.15, -0.1) is 10.2 Å². The van der Waals surface area contributed by atoms with Crippen LogP contribution >= 0.6 is 11.3 Å². The molecule has 2 aromatic rings. The molecule has 0 aliphatic rings. The quantitative estimate of drug-likeness (QED) is 0.862. The van der Waals surface area contributed by atoms with Crippen LogP contribution in [0.5, 0.6) is 5.75 Å². The molecule has 110 valence electrons. The Kier molecular flexibility index (Phi) is 4.94. The van der Waals surface area contributed by atoms with E-state index in [-0.39, 0.29) is 11.7 Å². The van der Waals surface area contributed by atoms with Crippen LogP contribution in [0, 0.1) is 6.92 Å². The number of hydrogen-bond donors (Lipinski definition) is 1. The van der Waals surface area contributed by atoms with Gasteiger partial charge in [-0.3, -0.25) is 10.1 Å². The lowest BCUT2D eigenvalue weighted by molar-refractivity contribution is -0.111. The predicted octanol–water partition coefficient (Wildman–Crippen LogP) is 3.10. The third-order valence-electron chi connectivity index (χ3n) is 2.29. The lowest BCUT2D eigenvalue weighted by Gasteiger charge is -2.03. The molecule has 0 bridgehead atoms. The number of carbonyl (C=O) groups is 1. The largest absolute Gasteiger partial charge is 0.435 e. The van der Waals surface area contributed by atoms with E-state index >= 15 is 0 Å². The number of rotatable bonds is 5. The van der Waals surface area contributed by atoms with Crippen molar-refractivity contribution in [3.63, 3.8) is 0 Å². The van der Waals surface area contributed by atoms with E-state index in [1.165, 1.54) is 29.5 Å². The Labute approximate surface area is 123 Å². The van der Waals surface area contributed by atoms with Gasteiger partial charge in [0.15, 0.2) is 0 Å². The third-order valence-corrected chi connectivity index (χ3v) is 3.04. The van der Waals surface area contributed by atoms with Crippen molar-refractivity contribution in [2.75, 3.05) is 5.32 Å². The van der Waals surface area contributed by atoms with Gasteiger partial charge in [-0.05, 0) is 30.7 Å². The summed E-state index contributed by atoms with van der Waals surface area (Å²) in [6, 6.07) is 5.93. The summed E-state index contributed by atoms with van der Waals surface area (Å²) in [6.07, 6.45) is 2.87. The van der Waals surface area contributed by atoms with Gasteiger partial charge in [0, 0.05) is 6.08 Å². The third kappa shape index (κ3) is 4.92. The lowest BCUT2D eigenvalue weighted by Crippen LogP contribution is -2.07. The first-order chi connectivity index (χ1) is 10.0. The van der Waals surface area contributed by atoms with E-state index in [4.69, 9.17) is 0 Å². The lowest BCUT2D eigenvalue weighted by atomic mass is 10.2. The van der Waals surface area contributed by atoms with Crippen LogP contribution in [0.1, 0.15) is 10.6 Å². The minimum atomic E-state index is -2.85. The van der Waals surface area contributed by atoms with Crippen molar-refractivity contribution >= 4 is 28.5 Å². The smallest absolute Gasteiger partial charge is 0.387 e. The van der Waals surface area contributed by atoms with Gasteiger partial charge in [-0.2, -0.15) is 8.78 Å². The second-order valence-electron chi connectivity index (χ2n) is 3.90. The molecular formula is C13H11F2N3O2S. The molecular weight excluding hydrogens is 300 g/mol. The van der Waals surface area contributed by atoms with Crippen molar-refractivity contribution in [2.24, 2.45) is 0 Å². The summed E-state index contributed by atoms with van der Waals surface area (Å²) < 4.78 is 28.2. The summed E-state index contributed by atoms with van der Waals surface area (Å²) in [7, 11) is 0. The number of benzene rings is 1. The summed E-state index contributed by atoms with van der Waals surface area (Å²) >= 11 is 1.27. The Morgan fingerprint density at radius 1 is 1.33 bits per heavy atom. The number of nitrogens with zero attached hydrogens (tertiary/aromatic N) is 2. The van der Waals surface area contributed by atoms with Crippen LogP contribution in [0.2, 0.25) is 0 Å². The van der Waals surface area contributed by atoms with Gasteiger partial charge in [0.2, 0.25) is 11.0 Å². The van der Waals surface area contributed by atoms with E-state index in [1.807, 2.05) is 0 Å². The maximum Gasteiger partial charge on any atom is 0.387 e. The number of carbonyl (C=O) groups excluding carboxylic acids is 1. The van der Waals surface area contributed by atoms with Crippen LogP contribution in [-0.4, -0.2) is 22.7 Å². The van der Waals surface area contributed by atoms with Crippen LogP contribution in [-0.2, 0) is 4.79 Å². The zero-order chi connectivity index (χ0) is 15.2. The molecule has 1 aromatic carbocycles. The molecule has 0 saturated heterocycles. The highest BCUT2D eigenvalue weighted by atomic mass is 32.1. The van der Waals surface area contributed by atoms with Crippen molar-refractivity contribution in [2.45, 2.75) is 13.5 Å². The number of aromatic nitrogens is 2. The first-order valence-electron chi connectivity index (χ1n) is 5.87. The van der Waals surface area contributed by atoms with Crippen molar-refractivity contribution in [1.29, 1.82) is 0 Å². The Bertz CT molecular complexity index is 641. The van der Waals surface area contributed by atoms with Gasteiger partial charge in [0.1, 0.15) is 10.8 Å². The van der Waals surface area contributed by atoms with E-state index in [1.54, 1.807) is 25.1 Å². The highest BCUT2D eigenvalue weighted by Crippen LogP contribution is 2.16. The minimum absolute atomic E-state index is 0.0657. The molecule has 1 aromatic heterocycles. The molecule has 0 aliphatic carbocycles. The van der Waals surface area contributed by atoms with E-state index in [9.17, 15) is 13.6 Å². The standard InChI is InChI=1S/C13H11F2N3O2S/c1-8-17-18-13(21-8)16-11(19)7-4-9-2-5-10(6-3-9)20-12(14)15/h2-7,12H,1H3,(H,16,18,19). The van der Waals surface area contributed by atoms with Crippen molar-refractivity contribution in [3.8, 4) is 5.75 Å². The highest BCUT2D eigenvalue weighted by molar-refractivity contribution is 7.15. The number of anilines is 1. The first-order valence-corrected chi connectivity index (χ1v) is 6.68. The van der Waals surface area contributed by atoms with Gasteiger partial charge >= 0.3 is 6.61 Å². The summed E-state index contributed by atoms with van der Waals surface area (Å²) in [6.45, 7) is -1.07. The Morgan fingerprint density at radius 3 is 2.62 bits per heavy atom. The molecule has 2 rings (SSSR count). The first kappa shape index (κ1) is 15.0. The van der Waals surface area contributed by atoms with Gasteiger partial charge in [0.05, 0.1) is 0 Å². The monoisotopic (exact) mass is 311 g/mol.